The van der Waals surface area contributed by atoms with E-state index in [0.717, 1.165) is 0 Å². The van der Waals surface area contributed by atoms with Crippen molar-refractivity contribution in [2.24, 2.45) is 5.73 Å². The molecule has 92 valence electrons. The van der Waals surface area contributed by atoms with Crippen LogP contribution in [0.3, 0.4) is 0 Å². The van der Waals surface area contributed by atoms with E-state index in [1.807, 2.05) is 29.3 Å². The Bertz CT molecular complexity index is 272. The summed E-state index contributed by atoms with van der Waals surface area (Å²) in [4.78, 5) is 3.20. The van der Waals surface area contributed by atoms with Crippen molar-refractivity contribution in [2.75, 3.05) is 26.3 Å². The van der Waals surface area contributed by atoms with Crippen LogP contribution in [0.25, 0.3) is 0 Å². The highest BCUT2D eigenvalue weighted by Crippen LogP contribution is 2.26. The maximum Gasteiger partial charge on any atom is 0.0592 e. The monoisotopic (exact) mass is 244 g/mol. The lowest BCUT2D eigenvalue weighted by Gasteiger charge is -2.32. The number of nitrogens with two attached hydrogens (primary N) is 1. The van der Waals surface area contributed by atoms with Crippen molar-refractivity contribution in [1.82, 2.24) is 4.90 Å². The molecule has 0 radical (unpaired) electrons. The number of hydrogen-bond acceptors (Lipinski definition) is 5. The maximum atomic E-state index is 9.03. The van der Waals surface area contributed by atoms with Crippen molar-refractivity contribution in [3.63, 3.8) is 0 Å². The molecule has 0 aliphatic carbocycles. The molecule has 4 N–H and O–H groups in total. The van der Waals surface area contributed by atoms with E-state index in [1.165, 1.54) is 4.88 Å². The van der Waals surface area contributed by atoms with Crippen molar-refractivity contribution in [3.8, 4) is 0 Å². The lowest BCUT2D eigenvalue weighted by atomic mass is 10.1. The Morgan fingerprint density at radius 1 is 1.38 bits per heavy atom. The van der Waals surface area contributed by atoms with Crippen molar-refractivity contribution in [2.45, 2.75) is 19.0 Å². The van der Waals surface area contributed by atoms with Gasteiger partial charge in [-0.05, 0) is 18.4 Å². The molecule has 16 heavy (non-hydrogen) atoms. The van der Waals surface area contributed by atoms with Crippen LogP contribution in [-0.2, 0) is 0 Å². The summed E-state index contributed by atoms with van der Waals surface area (Å²) in [5.41, 5.74) is 5.99. The van der Waals surface area contributed by atoms with Gasteiger partial charge in [0.2, 0.25) is 0 Å². The van der Waals surface area contributed by atoms with Gasteiger partial charge < -0.3 is 15.9 Å². The van der Waals surface area contributed by atoms with Gasteiger partial charge >= 0.3 is 0 Å². The molecule has 2 atom stereocenters. The number of hydrogen-bond donors (Lipinski definition) is 3. The fourth-order valence-electron chi connectivity index (χ4n) is 1.88. The van der Waals surface area contributed by atoms with Crippen LogP contribution < -0.4 is 5.73 Å². The Morgan fingerprint density at radius 3 is 2.38 bits per heavy atom. The number of aliphatic hydroxyl groups excluding tert-OH is 2. The predicted molar refractivity (Wildman–Crippen MR) is 66.5 cm³/mol. The van der Waals surface area contributed by atoms with E-state index in [4.69, 9.17) is 15.9 Å². The first-order chi connectivity index (χ1) is 7.70. The zero-order valence-corrected chi connectivity index (χ0v) is 10.4. The third-order valence-corrected chi connectivity index (χ3v) is 3.44. The molecule has 1 heterocycles. The summed E-state index contributed by atoms with van der Waals surface area (Å²) in [6, 6.07) is 4.07. The van der Waals surface area contributed by atoms with E-state index < -0.39 is 0 Å². The van der Waals surface area contributed by atoms with E-state index in [0.29, 0.717) is 13.1 Å². The van der Waals surface area contributed by atoms with E-state index in [1.54, 1.807) is 11.3 Å². The molecule has 0 saturated carbocycles. The third kappa shape index (κ3) is 3.54. The second kappa shape index (κ2) is 6.98. The summed E-state index contributed by atoms with van der Waals surface area (Å²) in [5, 5.41) is 20.1. The van der Waals surface area contributed by atoms with Crippen molar-refractivity contribution < 1.29 is 10.2 Å². The Balaban J connectivity index is 2.81. The SMILES string of the molecule is CC(N)C(c1cccs1)N(CCO)CCO. The molecule has 1 aromatic heterocycles. The van der Waals surface area contributed by atoms with E-state index in [-0.39, 0.29) is 25.3 Å². The largest absolute Gasteiger partial charge is 0.395 e. The number of rotatable bonds is 7. The summed E-state index contributed by atoms with van der Waals surface area (Å²) < 4.78 is 0. The summed E-state index contributed by atoms with van der Waals surface area (Å²) in [6.45, 7) is 3.17. The molecule has 4 nitrogen and oxygen atoms in total. The van der Waals surface area contributed by atoms with Gasteiger partial charge in [0.1, 0.15) is 0 Å². The van der Waals surface area contributed by atoms with Crippen LogP contribution in [0.5, 0.6) is 0 Å². The van der Waals surface area contributed by atoms with Gasteiger partial charge in [-0.3, -0.25) is 4.90 Å². The van der Waals surface area contributed by atoms with Crippen LogP contribution in [0.15, 0.2) is 17.5 Å². The molecule has 2 unspecified atom stereocenters. The summed E-state index contributed by atoms with van der Waals surface area (Å²) >= 11 is 1.65. The lowest BCUT2D eigenvalue weighted by Crippen LogP contribution is -2.42. The van der Waals surface area contributed by atoms with Gasteiger partial charge in [0.05, 0.1) is 19.3 Å². The predicted octanol–water partition coefficient (Wildman–Crippen LogP) is 0.423. The summed E-state index contributed by atoms with van der Waals surface area (Å²) in [7, 11) is 0. The molecule has 0 amide bonds. The van der Waals surface area contributed by atoms with Gasteiger partial charge in [0.15, 0.2) is 0 Å². The molecule has 1 rings (SSSR count). The number of aliphatic hydroxyl groups is 2. The molecule has 0 fully saturated rings. The van der Waals surface area contributed by atoms with Crippen molar-refractivity contribution >= 4 is 11.3 Å². The molecule has 1 aromatic rings. The zero-order chi connectivity index (χ0) is 12.0. The Morgan fingerprint density at radius 2 is 2.00 bits per heavy atom. The van der Waals surface area contributed by atoms with E-state index in [9.17, 15) is 0 Å². The Labute approximate surface area is 100 Å². The first-order valence-corrected chi connectivity index (χ1v) is 6.33. The second-order valence-corrected chi connectivity index (χ2v) is 4.78. The van der Waals surface area contributed by atoms with Crippen LogP contribution in [0.4, 0.5) is 0 Å². The molecule has 0 bridgehead atoms. The molecule has 0 aliphatic rings. The van der Waals surface area contributed by atoms with E-state index >= 15 is 0 Å². The standard InChI is InChI=1S/C11H20N2O2S/c1-9(12)11(10-3-2-8-16-10)13(4-6-14)5-7-15/h2-3,8-9,11,14-15H,4-7,12H2,1H3. The first-order valence-electron chi connectivity index (χ1n) is 5.45. The molecule has 5 heteroatoms. The molecule has 0 aliphatic heterocycles. The van der Waals surface area contributed by atoms with Gasteiger partial charge in [-0.1, -0.05) is 6.07 Å². The molecule has 0 spiro atoms. The average Bonchev–Trinajstić information content (AvgIpc) is 2.71. The van der Waals surface area contributed by atoms with Crippen LogP contribution in [-0.4, -0.2) is 47.5 Å². The van der Waals surface area contributed by atoms with Gasteiger partial charge in [-0.2, -0.15) is 0 Å². The highest BCUT2D eigenvalue weighted by Gasteiger charge is 2.24. The normalized spacial score (nSPS) is 15.3. The van der Waals surface area contributed by atoms with Crippen LogP contribution in [0, 0.1) is 0 Å². The quantitative estimate of drug-likeness (QED) is 0.650. The first kappa shape index (κ1) is 13.6. The van der Waals surface area contributed by atoms with Gasteiger partial charge in [-0.15, -0.1) is 11.3 Å². The number of thiophene rings is 1. The maximum absolute atomic E-state index is 9.03. The smallest absolute Gasteiger partial charge is 0.0592 e. The van der Waals surface area contributed by atoms with Gasteiger partial charge in [0.25, 0.3) is 0 Å². The fourth-order valence-corrected chi connectivity index (χ4v) is 2.85. The minimum Gasteiger partial charge on any atom is -0.395 e. The zero-order valence-electron chi connectivity index (χ0n) is 9.54. The molecule has 0 saturated heterocycles. The van der Waals surface area contributed by atoms with Crippen LogP contribution in [0.1, 0.15) is 17.8 Å². The molecular weight excluding hydrogens is 224 g/mol. The minimum atomic E-state index is -0.0308. The Hall–Kier alpha value is -0.460. The van der Waals surface area contributed by atoms with Crippen LogP contribution >= 0.6 is 11.3 Å². The lowest BCUT2D eigenvalue weighted by molar-refractivity contribution is 0.113. The van der Waals surface area contributed by atoms with Crippen molar-refractivity contribution in [1.29, 1.82) is 0 Å². The van der Waals surface area contributed by atoms with Crippen molar-refractivity contribution in [3.05, 3.63) is 22.4 Å². The minimum absolute atomic E-state index is 0.0308. The average molecular weight is 244 g/mol. The Kier molecular flexibility index (Phi) is 5.94. The highest BCUT2D eigenvalue weighted by atomic mass is 32.1. The second-order valence-electron chi connectivity index (χ2n) is 3.80. The van der Waals surface area contributed by atoms with Gasteiger partial charge in [-0.25, -0.2) is 0 Å². The van der Waals surface area contributed by atoms with E-state index in [2.05, 4.69) is 0 Å². The highest BCUT2D eigenvalue weighted by molar-refractivity contribution is 7.10. The number of nitrogens with zero attached hydrogens (tertiary/aromatic N) is 1. The fraction of sp³-hybridized carbons (Fsp3) is 0.636. The third-order valence-electron chi connectivity index (χ3n) is 2.50. The van der Waals surface area contributed by atoms with Gasteiger partial charge in [0, 0.05) is 24.0 Å². The topological polar surface area (TPSA) is 69.7 Å². The molecule has 0 aromatic carbocycles. The van der Waals surface area contributed by atoms with Crippen LogP contribution in [0.2, 0.25) is 0 Å². The summed E-state index contributed by atoms with van der Waals surface area (Å²) in [5.74, 6) is 0. The molecular formula is C11H20N2O2S. The summed E-state index contributed by atoms with van der Waals surface area (Å²) in [6.07, 6.45) is 0.